The molecule has 0 aliphatic rings. The molecule has 0 saturated heterocycles. The molecule has 1 N–H and O–H groups in total. The number of rotatable bonds is 3. The van der Waals surface area contributed by atoms with Gasteiger partial charge in [0.15, 0.2) is 0 Å². The molecule has 1 aromatic heterocycles. The molecule has 0 spiro atoms. The number of aromatic nitrogens is 2. The van der Waals surface area contributed by atoms with Crippen LogP contribution in [0.3, 0.4) is 0 Å². The predicted molar refractivity (Wildman–Crippen MR) is 83.3 cm³/mol. The van der Waals surface area contributed by atoms with Crippen molar-refractivity contribution in [2.45, 2.75) is 45.8 Å². The molecule has 1 aromatic carbocycles. The van der Waals surface area contributed by atoms with Crippen molar-refractivity contribution in [3.8, 4) is 0 Å². The van der Waals surface area contributed by atoms with Gasteiger partial charge in [-0.05, 0) is 29.5 Å². The van der Waals surface area contributed by atoms with Crippen LogP contribution >= 0.6 is 0 Å². The second-order valence-corrected chi connectivity index (χ2v) is 6.38. The lowest BCUT2D eigenvalue weighted by Crippen LogP contribution is -2.25. The zero-order valence-electron chi connectivity index (χ0n) is 13.0. The first-order valence-corrected chi connectivity index (χ1v) is 7.10. The Balaban J connectivity index is 2.19. The molecule has 4 heteroatoms. The summed E-state index contributed by atoms with van der Waals surface area (Å²) in [5.41, 5.74) is 2.64. The largest absolute Gasteiger partial charge is 0.386 e. The number of hydrogen-bond donors (Lipinski definition) is 1. The Bertz CT molecular complexity index is 666. The minimum absolute atomic E-state index is 0.0819. The van der Waals surface area contributed by atoms with E-state index < -0.39 is 6.10 Å². The summed E-state index contributed by atoms with van der Waals surface area (Å²) < 4.78 is 1.30. The van der Waals surface area contributed by atoms with Gasteiger partial charge in [0.1, 0.15) is 0 Å². The van der Waals surface area contributed by atoms with E-state index in [9.17, 15) is 9.90 Å². The third-order valence-corrected chi connectivity index (χ3v) is 3.51. The van der Waals surface area contributed by atoms with Gasteiger partial charge in [-0.1, -0.05) is 45.0 Å². The number of aliphatic hydroxyl groups is 1. The fraction of sp³-hybridized carbons (Fsp3) is 0.412. The lowest BCUT2D eigenvalue weighted by molar-refractivity contribution is 0.149. The van der Waals surface area contributed by atoms with Crippen molar-refractivity contribution < 1.29 is 5.11 Å². The van der Waals surface area contributed by atoms with Gasteiger partial charge in [-0.2, -0.15) is 5.10 Å². The monoisotopic (exact) mass is 286 g/mol. The topological polar surface area (TPSA) is 55.1 Å². The maximum absolute atomic E-state index is 11.7. The van der Waals surface area contributed by atoms with Crippen molar-refractivity contribution in [3.63, 3.8) is 0 Å². The van der Waals surface area contributed by atoms with Crippen LogP contribution in [0.4, 0.5) is 0 Å². The molecule has 0 radical (unpaired) electrons. The molecule has 1 heterocycles. The Morgan fingerprint density at radius 1 is 1.14 bits per heavy atom. The average molecular weight is 286 g/mol. The predicted octanol–water partition coefficient (Wildman–Crippen LogP) is 2.58. The Hall–Kier alpha value is -1.94. The summed E-state index contributed by atoms with van der Waals surface area (Å²) >= 11 is 0. The molecule has 21 heavy (non-hydrogen) atoms. The SMILES string of the molecule is Cc1ccc(=O)n(CC(O)c2ccc(C(C)(C)C)cc2)n1. The van der Waals surface area contributed by atoms with Gasteiger partial charge in [0.25, 0.3) is 5.56 Å². The Morgan fingerprint density at radius 2 is 1.76 bits per heavy atom. The molecule has 2 rings (SSSR count). The summed E-state index contributed by atoms with van der Waals surface area (Å²) in [7, 11) is 0. The van der Waals surface area contributed by atoms with Crippen molar-refractivity contribution >= 4 is 0 Å². The van der Waals surface area contributed by atoms with Crippen LogP contribution in [0.5, 0.6) is 0 Å². The maximum atomic E-state index is 11.7. The number of aryl methyl sites for hydroxylation is 1. The van der Waals surface area contributed by atoms with Gasteiger partial charge < -0.3 is 5.11 Å². The summed E-state index contributed by atoms with van der Waals surface area (Å²) in [6.45, 7) is 8.42. The molecule has 2 aromatic rings. The number of aliphatic hydroxyl groups excluding tert-OH is 1. The van der Waals surface area contributed by atoms with Crippen LogP contribution in [0.1, 0.15) is 43.7 Å². The van der Waals surface area contributed by atoms with Crippen molar-refractivity contribution in [1.29, 1.82) is 0 Å². The van der Waals surface area contributed by atoms with E-state index in [0.29, 0.717) is 0 Å². The highest BCUT2D eigenvalue weighted by Gasteiger charge is 2.15. The van der Waals surface area contributed by atoms with E-state index in [1.165, 1.54) is 16.3 Å². The van der Waals surface area contributed by atoms with Gasteiger partial charge in [-0.25, -0.2) is 4.68 Å². The fourth-order valence-corrected chi connectivity index (χ4v) is 2.16. The van der Waals surface area contributed by atoms with Gasteiger partial charge >= 0.3 is 0 Å². The summed E-state index contributed by atoms with van der Waals surface area (Å²) in [6.07, 6.45) is -0.744. The molecule has 0 bridgehead atoms. The van der Waals surface area contributed by atoms with Crippen LogP contribution in [-0.2, 0) is 12.0 Å². The van der Waals surface area contributed by atoms with Crippen molar-refractivity contribution in [3.05, 3.63) is 63.6 Å². The third kappa shape index (κ3) is 3.79. The summed E-state index contributed by atoms with van der Waals surface area (Å²) in [5, 5.41) is 14.4. The Labute approximate surface area is 125 Å². The molecule has 4 nitrogen and oxygen atoms in total. The zero-order chi connectivity index (χ0) is 15.6. The second-order valence-electron chi connectivity index (χ2n) is 6.38. The molecule has 112 valence electrons. The first kappa shape index (κ1) is 15.4. The lowest BCUT2D eigenvalue weighted by atomic mass is 9.86. The van der Waals surface area contributed by atoms with Gasteiger partial charge in [0.2, 0.25) is 0 Å². The molecular weight excluding hydrogens is 264 g/mol. The molecule has 1 unspecified atom stereocenters. The van der Waals surface area contributed by atoms with E-state index in [-0.39, 0.29) is 17.5 Å². The number of nitrogens with zero attached hydrogens (tertiary/aromatic N) is 2. The average Bonchev–Trinajstić information content (AvgIpc) is 2.42. The first-order chi connectivity index (χ1) is 9.77. The molecule has 0 aliphatic heterocycles. The molecule has 0 amide bonds. The smallest absolute Gasteiger partial charge is 0.266 e. The van der Waals surface area contributed by atoms with Gasteiger partial charge in [0.05, 0.1) is 18.3 Å². The molecule has 0 fully saturated rings. The van der Waals surface area contributed by atoms with E-state index in [1.54, 1.807) is 6.07 Å². The van der Waals surface area contributed by atoms with Crippen LogP contribution in [0.15, 0.2) is 41.2 Å². The van der Waals surface area contributed by atoms with Gasteiger partial charge in [0, 0.05) is 6.07 Å². The Morgan fingerprint density at radius 3 is 2.33 bits per heavy atom. The summed E-state index contributed by atoms with van der Waals surface area (Å²) in [6, 6.07) is 11.0. The highest BCUT2D eigenvalue weighted by atomic mass is 16.3. The first-order valence-electron chi connectivity index (χ1n) is 7.10. The Kier molecular flexibility index (Phi) is 4.28. The fourth-order valence-electron chi connectivity index (χ4n) is 2.16. The normalized spacial score (nSPS) is 13.2. The lowest BCUT2D eigenvalue weighted by Gasteiger charge is -2.20. The van der Waals surface area contributed by atoms with Crippen LogP contribution in [0.25, 0.3) is 0 Å². The highest BCUT2D eigenvalue weighted by Crippen LogP contribution is 2.24. The molecular formula is C17H22N2O2. The number of hydrogen-bond acceptors (Lipinski definition) is 3. The van der Waals surface area contributed by atoms with Gasteiger partial charge in [-0.15, -0.1) is 0 Å². The van der Waals surface area contributed by atoms with Crippen LogP contribution < -0.4 is 5.56 Å². The van der Waals surface area contributed by atoms with Crippen LogP contribution in [-0.4, -0.2) is 14.9 Å². The minimum atomic E-state index is -0.744. The van der Waals surface area contributed by atoms with E-state index in [0.717, 1.165) is 11.3 Å². The van der Waals surface area contributed by atoms with Crippen molar-refractivity contribution in [2.24, 2.45) is 0 Å². The quantitative estimate of drug-likeness (QED) is 0.943. The van der Waals surface area contributed by atoms with E-state index in [1.807, 2.05) is 31.2 Å². The number of benzene rings is 1. The minimum Gasteiger partial charge on any atom is -0.386 e. The molecule has 1 atom stereocenters. The second kappa shape index (κ2) is 5.82. The highest BCUT2D eigenvalue weighted by molar-refractivity contribution is 5.28. The summed E-state index contributed by atoms with van der Waals surface area (Å²) in [4.78, 5) is 11.7. The molecule has 0 aliphatic carbocycles. The standard InChI is InChI=1S/C17H22N2O2/c1-12-5-10-16(21)19(18-12)11-15(20)13-6-8-14(9-7-13)17(2,3)4/h5-10,15,20H,11H2,1-4H3. The van der Waals surface area contributed by atoms with E-state index >= 15 is 0 Å². The van der Waals surface area contributed by atoms with Crippen LogP contribution in [0, 0.1) is 6.92 Å². The van der Waals surface area contributed by atoms with Crippen molar-refractivity contribution in [2.75, 3.05) is 0 Å². The molecule has 0 saturated carbocycles. The zero-order valence-corrected chi connectivity index (χ0v) is 13.0. The van der Waals surface area contributed by atoms with Gasteiger partial charge in [-0.3, -0.25) is 4.79 Å². The van der Waals surface area contributed by atoms with E-state index in [2.05, 4.69) is 25.9 Å². The van der Waals surface area contributed by atoms with Crippen molar-refractivity contribution in [1.82, 2.24) is 9.78 Å². The van der Waals surface area contributed by atoms with E-state index in [4.69, 9.17) is 0 Å². The summed E-state index contributed by atoms with van der Waals surface area (Å²) in [5.74, 6) is 0. The maximum Gasteiger partial charge on any atom is 0.266 e. The van der Waals surface area contributed by atoms with Crippen LogP contribution in [0.2, 0.25) is 0 Å². The third-order valence-electron chi connectivity index (χ3n) is 3.51.